The van der Waals surface area contributed by atoms with Crippen molar-refractivity contribution < 1.29 is 9.53 Å². The fourth-order valence-corrected chi connectivity index (χ4v) is 2.59. The fraction of sp³-hybridized carbons (Fsp3) is 0.562. The third kappa shape index (κ3) is 3.80. The van der Waals surface area contributed by atoms with Crippen molar-refractivity contribution in [3.63, 3.8) is 0 Å². The number of rotatable bonds is 4. The Morgan fingerprint density at radius 2 is 1.74 bits per heavy atom. The lowest BCUT2D eigenvalue weighted by molar-refractivity contribution is 0.0884. The number of carbonyl (C=O) groups is 1. The SMILES string of the molecule is CC(C)Oc1ccc(C(=O)C2CCC(N)CC2)cc1. The average Bonchev–Trinajstić information content (AvgIpc) is 2.39. The predicted octanol–water partition coefficient (Wildman–Crippen LogP) is 3.17. The molecule has 0 aliphatic heterocycles. The van der Waals surface area contributed by atoms with E-state index < -0.39 is 0 Å². The van der Waals surface area contributed by atoms with Crippen LogP contribution in [-0.2, 0) is 0 Å². The number of nitrogens with two attached hydrogens (primary N) is 1. The first-order chi connectivity index (χ1) is 9.06. The van der Waals surface area contributed by atoms with E-state index in [1.165, 1.54) is 0 Å². The van der Waals surface area contributed by atoms with Crippen molar-refractivity contribution in [1.29, 1.82) is 0 Å². The highest BCUT2D eigenvalue weighted by atomic mass is 16.5. The molecular formula is C16H23NO2. The zero-order valence-electron chi connectivity index (χ0n) is 11.8. The van der Waals surface area contributed by atoms with E-state index in [1.54, 1.807) is 0 Å². The van der Waals surface area contributed by atoms with Gasteiger partial charge in [0, 0.05) is 17.5 Å². The second-order valence-corrected chi connectivity index (χ2v) is 5.67. The number of hydrogen-bond acceptors (Lipinski definition) is 3. The third-order valence-electron chi connectivity index (χ3n) is 3.65. The zero-order valence-corrected chi connectivity index (χ0v) is 11.8. The molecule has 19 heavy (non-hydrogen) atoms. The van der Waals surface area contributed by atoms with Crippen LogP contribution in [0.2, 0.25) is 0 Å². The van der Waals surface area contributed by atoms with Crippen LogP contribution in [0.3, 0.4) is 0 Å². The molecule has 3 nitrogen and oxygen atoms in total. The van der Waals surface area contributed by atoms with Crippen molar-refractivity contribution in [2.45, 2.75) is 51.7 Å². The van der Waals surface area contributed by atoms with Gasteiger partial charge in [0.2, 0.25) is 0 Å². The minimum atomic E-state index is 0.150. The number of Topliss-reactive ketones (excluding diaryl/α,β-unsaturated/α-hetero) is 1. The first kappa shape index (κ1) is 14.1. The van der Waals surface area contributed by atoms with Crippen LogP contribution in [0.1, 0.15) is 49.9 Å². The van der Waals surface area contributed by atoms with Gasteiger partial charge >= 0.3 is 0 Å². The number of ether oxygens (including phenoxy) is 1. The maximum atomic E-state index is 12.4. The van der Waals surface area contributed by atoms with E-state index in [9.17, 15) is 4.79 Å². The van der Waals surface area contributed by atoms with E-state index in [0.717, 1.165) is 37.0 Å². The molecule has 0 radical (unpaired) electrons. The second kappa shape index (κ2) is 6.20. The molecule has 104 valence electrons. The maximum absolute atomic E-state index is 12.4. The molecule has 0 heterocycles. The molecule has 0 spiro atoms. The molecule has 2 N–H and O–H groups in total. The standard InChI is InChI=1S/C16H23NO2/c1-11(2)19-15-9-5-13(6-10-15)16(18)12-3-7-14(17)8-4-12/h5-6,9-12,14H,3-4,7-8,17H2,1-2H3. The lowest BCUT2D eigenvalue weighted by Gasteiger charge is -2.25. The van der Waals surface area contributed by atoms with Crippen molar-refractivity contribution >= 4 is 5.78 Å². The summed E-state index contributed by atoms with van der Waals surface area (Å²) in [7, 11) is 0. The highest BCUT2D eigenvalue weighted by molar-refractivity contribution is 5.98. The van der Waals surface area contributed by atoms with E-state index in [0.29, 0.717) is 0 Å². The van der Waals surface area contributed by atoms with Gasteiger partial charge in [0.15, 0.2) is 5.78 Å². The fourth-order valence-electron chi connectivity index (χ4n) is 2.59. The van der Waals surface area contributed by atoms with Crippen LogP contribution in [0.25, 0.3) is 0 Å². The van der Waals surface area contributed by atoms with Crippen LogP contribution in [0, 0.1) is 5.92 Å². The van der Waals surface area contributed by atoms with Crippen molar-refractivity contribution in [2.24, 2.45) is 11.7 Å². The largest absolute Gasteiger partial charge is 0.491 e. The van der Waals surface area contributed by atoms with Gasteiger partial charge in [-0.25, -0.2) is 0 Å². The third-order valence-corrected chi connectivity index (χ3v) is 3.65. The Bertz CT molecular complexity index is 417. The van der Waals surface area contributed by atoms with E-state index in [-0.39, 0.29) is 23.8 Å². The van der Waals surface area contributed by atoms with Gasteiger partial charge in [0.25, 0.3) is 0 Å². The van der Waals surface area contributed by atoms with Crippen LogP contribution in [0.15, 0.2) is 24.3 Å². The number of benzene rings is 1. The minimum absolute atomic E-state index is 0.150. The Balaban J connectivity index is 1.99. The molecule has 0 amide bonds. The molecule has 0 aromatic heterocycles. The Morgan fingerprint density at radius 3 is 2.26 bits per heavy atom. The summed E-state index contributed by atoms with van der Waals surface area (Å²) in [6, 6.07) is 7.78. The first-order valence-electron chi connectivity index (χ1n) is 7.13. The highest BCUT2D eigenvalue weighted by Crippen LogP contribution is 2.27. The minimum Gasteiger partial charge on any atom is -0.491 e. The van der Waals surface area contributed by atoms with Crippen LogP contribution in [0.5, 0.6) is 5.75 Å². The molecule has 0 atom stereocenters. The van der Waals surface area contributed by atoms with Crippen molar-refractivity contribution in [2.75, 3.05) is 0 Å². The van der Waals surface area contributed by atoms with Gasteiger partial charge < -0.3 is 10.5 Å². The van der Waals surface area contributed by atoms with Crippen LogP contribution in [-0.4, -0.2) is 17.9 Å². The predicted molar refractivity (Wildman–Crippen MR) is 76.5 cm³/mol. The maximum Gasteiger partial charge on any atom is 0.165 e. The smallest absolute Gasteiger partial charge is 0.165 e. The summed E-state index contributed by atoms with van der Waals surface area (Å²) >= 11 is 0. The Kier molecular flexibility index (Phi) is 4.59. The Labute approximate surface area is 115 Å². The Hall–Kier alpha value is -1.35. The van der Waals surface area contributed by atoms with Crippen molar-refractivity contribution in [3.8, 4) is 5.75 Å². The normalized spacial score (nSPS) is 23.4. The van der Waals surface area contributed by atoms with Crippen LogP contribution >= 0.6 is 0 Å². The Morgan fingerprint density at radius 1 is 1.16 bits per heavy atom. The van der Waals surface area contributed by atoms with E-state index in [4.69, 9.17) is 10.5 Å². The highest BCUT2D eigenvalue weighted by Gasteiger charge is 2.25. The summed E-state index contributed by atoms with van der Waals surface area (Å²) in [6.45, 7) is 3.98. The van der Waals surface area contributed by atoms with Gasteiger partial charge in [-0.1, -0.05) is 0 Å². The molecule has 0 saturated heterocycles. The molecule has 2 rings (SSSR count). The first-order valence-corrected chi connectivity index (χ1v) is 7.13. The van der Waals surface area contributed by atoms with E-state index in [2.05, 4.69) is 0 Å². The molecule has 0 bridgehead atoms. The lowest BCUT2D eigenvalue weighted by atomic mass is 9.82. The summed E-state index contributed by atoms with van der Waals surface area (Å²) in [5.41, 5.74) is 6.66. The number of hydrogen-bond donors (Lipinski definition) is 1. The number of ketones is 1. The lowest BCUT2D eigenvalue weighted by Crippen LogP contribution is -2.29. The molecular weight excluding hydrogens is 238 g/mol. The monoisotopic (exact) mass is 261 g/mol. The molecule has 1 aliphatic rings. The van der Waals surface area contributed by atoms with Gasteiger partial charge in [0.05, 0.1) is 6.10 Å². The van der Waals surface area contributed by atoms with Crippen molar-refractivity contribution in [3.05, 3.63) is 29.8 Å². The molecule has 1 aromatic rings. The summed E-state index contributed by atoms with van der Waals surface area (Å²) in [6.07, 6.45) is 3.92. The van der Waals surface area contributed by atoms with Crippen molar-refractivity contribution in [1.82, 2.24) is 0 Å². The summed E-state index contributed by atoms with van der Waals surface area (Å²) in [5, 5.41) is 0. The van der Waals surface area contributed by atoms with Crippen LogP contribution < -0.4 is 10.5 Å². The zero-order chi connectivity index (χ0) is 13.8. The topological polar surface area (TPSA) is 52.3 Å². The molecule has 1 aliphatic carbocycles. The molecule has 1 fully saturated rings. The van der Waals surface area contributed by atoms with Gasteiger partial charge in [-0.05, 0) is 63.8 Å². The summed E-state index contributed by atoms with van der Waals surface area (Å²) < 4.78 is 5.58. The molecule has 3 heteroatoms. The van der Waals surface area contributed by atoms with Gasteiger partial charge in [-0.2, -0.15) is 0 Å². The van der Waals surface area contributed by atoms with Crippen LogP contribution in [0.4, 0.5) is 0 Å². The second-order valence-electron chi connectivity index (χ2n) is 5.67. The average molecular weight is 261 g/mol. The van der Waals surface area contributed by atoms with Gasteiger partial charge in [-0.15, -0.1) is 0 Å². The quantitative estimate of drug-likeness (QED) is 0.847. The molecule has 1 saturated carbocycles. The van der Waals surface area contributed by atoms with Gasteiger partial charge in [0.1, 0.15) is 5.75 Å². The molecule has 0 unspecified atom stereocenters. The summed E-state index contributed by atoms with van der Waals surface area (Å²) in [4.78, 5) is 12.4. The molecule has 1 aromatic carbocycles. The van der Waals surface area contributed by atoms with E-state index in [1.807, 2.05) is 38.1 Å². The number of carbonyl (C=O) groups excluding carboxylic acids is 1. The van der Waals surface area contributed by atoms with E-state index >= 15 is 0 Å². The summed E-state index contributed by atoms with van der Waals surface area (Å²) in [5.74, 6) is 1.22. The van der Waals surface area contributed by atoms with Gasteiger partial charge in [-0.3, -0.25) is 4.79 Å².